The predicted octanol–water partition coefficient (Wildman–Crippen LogP) is 5.79. The number of nitrogens with one attached hydrogen (secondary N) is 1. The van der Waals surface area contributed by atoms with Crippen LogP contribution in [0.5, 0.6) is 0 Å². The van der Waals surface area contributed by atoms with Gasteiger partial charge in [0.1, 0.15) is 10.8 Å². The zero-order valence-electron chi connectivity index (χ0n) is 15.6. The second kappa shape index (κ2) is 7.86. The van der Waals surface area contributed by atoms with Gasteiger partial charge in [0.2, 0.25) is 0 Å². The Morgan fingerprint density at radius 3 is 2.72 bits per heavy atom. The highest BCUT2D eigenvalue weighted by atomic mass is 35.5. The molecular formula is C21H18Cl2N2O3S. The minimum atomic E-state index is -0.525. The molecule has 2 amide bonds. The lowest BCUT2D eigenvalue weighted by atomic mass is 9.88. The largest absolute Gasteiger partial charge is 0.451 e. The monoisotopic (exact) mass is 448 g/mol. The number of hydrogen-bond donors (Lipinski definition) is 2. The fourth-order valence-electron chi connectivity index (χ4n) is 3.53. The first kappa shape index (κ1) is 20.0. The summed E-state index contributed by atoms with van der Waals surface area (Å²) >= 11 is 13.4. The van der Waals surface area contributed by atoms with Gasteiger partial charge in [0.15, 0.2) is 5.76 Å². The number of rotatable bonds is 4. The number of carbonyl (C=O) groups excluding carboxylic acids is 2. The number of furan rings is 1. The Balaban J connectivity index is 1.60. The van der Waals surface area contributed by atoms with Gasteiger partial charge in [-0.15, -0.1) is 11.3 Å². The number of anilines is 1. The van der Waals surface area contributed by atoms with Crippen molar-refractivity contribution in [2.75, 3.05) is 5.32 Å². The minimum absolute atomic E-state index is 0.126. The summed E-state index contributed by atoms with van der Waals surface area (Å²) in [7, 11) is 0. The van der Waals surface area contributed by atoms with Gasteiger partial charge in [-0.1, -0.05) is 30.1 Å². The lowest BCUT2D eigenvalue weighted by Crippen LogP contribution is -2.19. The summed E-state index contributed by atoms with van der Waals surface area (Å²) < 4.78 is 5.69. The van der Waals surface area contributed by atoms with Crippen molar-refractivity contribution in [3.05, 3.63) is 62.1 Å². The minimum Gasteiger partial charge on any atom is -0.451 e. The molecule has 1 aromatic carbocycles. The van der Waals surface area contributed by atoms with Gasteiger partial charge >= 0.3 is 0 Å². The molecule has 0 saturated heterocycles. The Hall–Kier alpha value is -2.28. The van der Waals surface area contributed by atoms with E-state index in [0.29, 0.717) is 37.9 Å². The average Bonchev–Trinajstić information content (AvgIpc) is 3.28. The van der Waals surface area contributed by atoms with E-state index in [4.69, 9.17) is 33.4 Å². The van der Waals surface area contributed by atoms with Crippen molar-refractivity contribution < 1.29 is 14.0 Å². The molecule has 0 spiro atoms. The summed E-state index contributed by atoms with van der Waals surface area (Å²) in [5, 5.41) is 4.12. The lowest BCUT2D eigenvalue weighted by Gasteiger charge is -2.18. The van der Waals surface area contributed by atoms with Crippen molar-refractivity contribution in [2.24, 2.45) is 11.7 Å². The normalized spacial score (nSPS) is 15.8. The number of thiophene rings is 1. The summed E-state index contributed by atoms with van der Waals surface area (Å²) in [6.45, 7) is 2.18. The van der Waals surface area contributed by atoms with Crippen LogP contribution in [0.2, 0.25) is 10.0 Å². The second-order valence-electron chi connectivity index (χ2n) is 7.17. The van der Waals surface area contributed by atoms with Crippen LogP contribution in [-0.2, 0) is 12.8 Å². The van der Waals surface area contributed by atoms with E-state index in [0.717, 1.165) is 29.7 Å². The standard InChI is InChI=1S/C21H18Cl2N2O3S/c1-10-2-4-12-17(8-10)29-21(18(12)19(24)26)25-20(27)16-7-6-15(28-16)11-3-5-13(22)14(23)9-11/h3,5-7,9-10H,2,4,8H2,1H3,(H2,24,26)(H,25,27)/t10-/m0/s1. The molecular weight excluding hydrogens is 431 g/mol. The molecule has 4 rings (SSSR count). The van der Waals surface area contributed by atoms with Crippen LogP contribution in [-0.4, -0.2) is 11.8 Å². The van der Waals surface area contributed by atoms with Crippen LogP contribution in [0.15, 0.2) is 34.7 Å². The Bertz CT molecular complexity index is 1120. The number of benzene rings is 1. The van der Waals surface area contributed by atoms with Crippen LogP contribution >= 0.6 is 34.5 Å². The number of nitrogens with two attached hydrogens (primary N) is 1. The number of carbonyl (C=O) groups is 2. The first-order valence-corrected chi connectivity index (χ1v) is 10.7. The third-order valence-electron chi connectivity index (χ3n) is 5.02. The van der Waals surface area contributed by atoms with Gasteiger partial charge < -0.3 is 15.5 Å². The molecule has 1 aliphatic rings. The maximum absolute atomic E-state index is 12.7. The van der Waals surface area contributed by atoms with Gasteiger partial charge in [-0.3, -0.25) is 9.59 Å². The van der Waals surface area contributed by atoms with Crippen molar-refractivity contribution in [3.8, 4) is 11.3 Å². The van der Waals surface area contributed by atoms with Gasteiger partial charge in [0, 0.05) is 10.4 Å². The van der Waals surface area contributed by atoms with Crippen molar-refractivity contribution in [3.63, 3.8) is 0 Å². The molecule has 1 atom stereocenters. The molecule has 150 valence electrons. The number of hydrogen-bond acceptors (Lipinski definition) is 4. The Kier molecular flexibility index (Phi) is 5.42. The van der Waals surface area contributed by atoms with Gasteiger partial charge in [0.05, 0.1) is 15.6 Å². The number of fused-ring (bicyclic) bond motifs is 1. The number of halogens is 2. The average molecular weight is 449 g/mol. The van der Waals surface area contributed by atoms with Gasteiger partial charge in [-0.25, -0.2) is 0 Å². The molecule has 29 heavy (non-hydrogen) atoms. The van der Waals surface area contributed by atoms with E-state index in [1.807, 2.05) is 0 Å². The van der Waals surface area contributed by atoms with Gasteiger partial charge in [0.25, 0.3) is 11.8 Å². The van der Waals surface area contributed by atoms with Crippen LogP contribution in [0, 0.1) is 5.92 Å². The molecule has 8 heteroatoms. The fraction of sp³-hybridized carbons (Fsp3) is 0.238. The quantitative estimate of drug-likeness (QED) is 0.529. The van der Waals surface area contributed by atoms with Crippen molar-refractivity contribution in [1.29, 1.82) is 0 Å². The molecule has 0 bridgehead atoms. The zero-order chi connectivity index (χ0) is 20.7. The van der Waals surface area contributed by atoms with Gasteiger partial charge in [-0.2, -0.15) is 0 Å². The van der Waals surface area contributed by atoms with Gasteiger partial charge in [-0.05, 0) is 61.1 Å². The second-order valence-corrected chi connectivity index (χ2v) is 9.09. The maximum atomic E-state index is 12.7. The number of primary amides is 1. The van der Waals surface area contributed by atoms with Crippen LogP contribution in [0.1, 0.15) is 44.7 Å². The molecule has 1 aliphatic carbocycles. The van der Waals surface area contributed by atoms with E-state index in [9.17, 15) is 9.59 Å². The molecule has 0 radical (unpaired) electrons. The third kappa shape index (κ3) is 3.92. The molecule has 2 aromatic heterocycles. The highest BCUT2D eigenvalue weighted by Crippen LogP contribution is 2.39. The molecule has 5 nitrogen and oxygen atoms in total. The van der Waals surface area contributed by atoms with Crippen molar-refractivity contribution in [1.82, 2.24) is 0 Å². The first-order chi connectivity index (χ1) is 13.8. The van der Waals surface area contributed by atoms with Crippen LogP contribution in [0.4, 0.5) is 5.00 Å². The summed E-state index contributed by atoms with van der Waals surface area (Å²) in [4.78, 5) is 25.9. The van der Waals surface area contributed by atoms with Crippen molar-refractivity contribution >= 4 is 51.4 Å². The molecule has 3 N–H and O–H groups in total. The molecule has 2 heterocycles. The van der Waals surface area contributed by atoms with E-state index >= 15 is 0 Å². The van der Waals surface area contributed by atoms with Crippen molar-refractivity contribution in [2.45, 2.75) is 26.2 Å². The lowest BCUT2D eigenvalue weighted by molar-refractivity contribution is 0.0998. The van der Waals surface area contributed by atoms with E-state index in [1.165, 1.54) is 11.3 Å². The van der Waals surface area contributed by atoms with Crippen LogP contribution in [0.3, 0.4) is 0 Å². The molecule has 0 fully saturated rings. The predicted molar refractivity (Wildman–Crippen MR) is 116 cm³/mol. The zero-order valence-corrected chi connectivity index (χ0v) is 17.9. The van der Waals surface area contributed by atoms with Crippen LogP contribution < -0.4 is 11.1 Å². The Labute approximate surface area is 181 Å². The molecule has 0 aliphatic heterocycles. The van der Waals surface area contributed by atoms with E-state index in [1.54, 1.807) is 30.3 Å². The summed E-state index contributed by atoms with van der Waals surface area (Å²) in [5.41, 5.74) is 7.70. The van der Waals surface area contributed by atoms with E-state index in [-0.39, 0.29) is 5.76 Å². The fourth-order valence-corrected chi connectivity index (χ4v) is 5.24. The summed E-state index contributed by atoms with van der Waals surface area (Å²) in [6.07, 6.45) is 2.68. The summed E-state index contributed by atoms with van der Waals surface area (Å²) in [5.74, 6) is 0.197. The Morgan fingerprint density at radius 2 is 2.00 bits per heavy atom. The molecule has 0 saturated carbocycles. The maximum Gasteiger partial charge on any atom is 0.292 e. The number of amides is 2. The van der Waals surface area contributed by atoms with E-state index in [2.05, 4.69) is 12.2 Å². The highest BCUT2D eigenvalue weighted by Gasteiger charge is 2.28. The molecule has 3 aromatic rings. The SMILES string of the molecule is C[C@H]1CCc2c(sc(NC(=O)c3ccc(-c4ccc(Cl)c(Cl)c4)o3)c2C(N)=O)C1. The molecule has 0 unspecified atom stereocenters. The topological polar surface area (TPSA) is 85.3 Å². The van der Waals surface area contributed by atoms with Crippen LogP contribution in [0.25, 0.3) is 11.3 Å². The smallest absolute Gasteiger partial charge is 0.292 e. The summed E-state index contributed by atoms with van der Waals surface area (Å²) in [6, 6.07) is 8.35. The Morgan fingerprint density at radius 1 is 1.21 bits per heavy atom. The first-order valence-electron chi connectivity index (χ1n) is 9.14. The highest BCUT2D eigenvalue weighted by molar-refractivity contribution is 7.17. The third-order valence-corrected chi connectivity index (χ3v) is 6.93. The van der Waals surface area contributed by atoms with E-state index < -0.39 is 11.8 Å².